The Bertz CT molecular complexity index is 15.8. The molecule has 0 heterocycles. The van der Waals surface area contributed by atoms with E-state index >= 15 is 0 Å². The molecule has 7 heavy (non-hydrogen) atoms. The molecule has 0 bridgehead atoms. The van der Waals surface area contributed by atoms with E-state index < -0.39 is 0 Å². The van der Waals surface area contributed by atoms with Gasteiger partial charge in [0.15, 0.2) is 0 Å². The third kappa shape index (κ3) is 4.44. The van der Waals surface area contributed by atoms with Crippen molar-refractivity contribution in [1.29, 1.82) is 0 Å². The zero-order valence-corrected chi connectivity index (χ0v) is 6.25. The Morgan fingerprint density at radius 1 is 1.00 bits per heavy atom. The summed E-state index contributed by atoms with van der Waals surface area (Å²) in [6.07, 6.45) is 8.00. The minimum absolute atomic E-state index is 0. The number of rotatable bonds is 0. The van der Waals surface area contributed by atoms with Gasteiger partial charge in [-0.05, 0) is 0 Å². The Morgan fingerprint density at radius 3 is 1.57 bits per heavy atom. The third-order valence-corrected chi connectivity index (χ3v) is 1.07. The minimum Gasteiger partial charge on any atom is -0.358 e. The molecule has 0 atom stereocenters. The van der Waals surface area contributed by atoms with Crippen LogP contribution in [0.25, 0.3) is 0 Å². The fourth-order valence-corrected chi connectivity index (χ4v) is 0.722. The van der Waals surface area contributed by atoms with Crippen LogP contribution in [0.4, 0.5) is 0 Å². The third-order valence-electron chi connectivity index (χ3n) is 1.07. The van der Waals surface area contributed by atoms with Crippen LogP contribution in [0.15, 0.2) is 0 Å². The molecule has 1 saturated carbocycles. The van der Waals surface area contributed by atoms with Crippen molar-refractivity contribution in [3.05, 3.63) is 13.8 Å². The largest absolute Gasteiger partial charge is 2.00 e. The van der Waals surface area contributed by atoms with Gasteiger partial charge in [0.05, 0.1) is 0 Å². The van der Waals surface area contributed by atoms with Crippen molar-refractivity contribution in [2.45, 2.75) is 25.7 Å². The van der Waals surface area contributed by atoms with Gasteiger partial charge in [0.25, 0.3) is 0 Å². The van der Waals surface area contributed by atoms with Gasteiger partial charge in [0.2, 0.25) is 0 Å². The van der Waals surface area contributed by atoms with E-state index in [0.29, 0.717) is 0 Å². The van der Waals surface area contributed by atoms with Gasteiger partial charge in [0.1, 0.15) is 0 Å². The minimum atomic E-state index is 0. The van der Waals surface area contributed by atoms with Crippen LogP contribution in [0.3, 0.4) is 0 Å². The molecule has 0 amide bonds. The first-order chi connectivity index (χ1) is 2.50. The quantitative estimate of drug-likeness (QED) is 0.447. The average molecular weight is 135 g/mol. The molecule has 0 aromatic carbocycles. The van der Waals surface area contributed by atoms with E-state index in [9.17, 15) is 0 Å². The Morgan fingerprint density at radius 2 is 1.43 bits per heavy atom. The molecule has 1 fully saturated rings. The van der Waals surface area contributed by atoms with Crippen molar-refractivity contribution in [3.8, 4) is 0 Å². The van der Waals surface area contributed by atoms with Crippen LogP contribution < -0.4 is 0 Å². The standard InChI is InChI=1S/C5H9.CH3.V/c1-2-4-5-3-1;;/h1H,2-5H2;1H3;/q2*-1;+2. The predicted molar refractivity (Wildman–Crippen MR) is 29.2 cm³/mol. The zero-order chi connectivity index (χ0) is 3.54. The molecule has 1 aliphatic carbocycles. The van der Waals surface area contributed by atoms with Crippen LogP contribution in [-0.4, -0.2) is 0 Å². The SMILES string of the molecule is [CH-]1CCCC1.[CH3-].[V+2]. The van der Waals surface area contributed by atoms with Crippen molar-refractivity contribution in [1.82, 2.24) is 0 Å². The molecule has 0 nitrogen and oxygen atoms in total. The zero-order valence-electron chi connectivity index (χ0n) is 4.85. The molecule has 0 aromatic heterocycles. The van der Waals surface area contributed by atoms with Crippen molar-refractivity contribution in [2.75, 3.05) is 0 Å². The first kappa shape index (κ1) is 10.5. The van der Waals surface area contributed by atoms with Gasteiger partial charge >= 0.3 is 18.6 Å². The Hall–Kier alpha value is 0.584. The summed E-state index contributed by atoms with van der Waals surface area (Å²) in [6.45, 7) is 0. The predicted octanol–water partition coefficient (Wildman–Crippen LogP) is 2.21. The van der Waals surface area contributed by atoms with Gasteiger partial charge in [-0.25, -0.2) is 0 Å². The van der Waals surface area contributed by atoms with Crippen LogP contribution in [0, 0.1) is 13.8 Å². The Kier molecular flexibility index (Phi) is 9.92. The normalized spacial score (nSPS) is 17.1. The van der Waals surface area contributed by atoms with Crippen LogP contribution in [0.1, 0.15) is 25.7 Å². The number of hydrogen-bond donors (Lipinski definition) is 0. The van der Waals surface area contributed by atoms with Gasteiger partial charge < -0.3 is 13.8 Å². The Labute approximate surface area is 58.6 Å². The first-order valence-corrected chi connectivity index (χ1v) is 2.32. The molecule has 0 aliphatic heterocycles. The van der Waals surface area contributed by atoms with Crippen LogP contribution in [0.5, 0.6) is 0 Å². The molecule has 0 aromatic rings. The van der Waals surface area contributed by atoms with Gasteiger partial charge in [-0.15, -0.1) is 0 Å². The summed E-state index contributed by atoms with van der Waals surface area (Å²) < 4.78 is 0. The second-order valence-corrected chi connectivity index (χ2v) is 1.57. The molecule has 1 heteroatoms. The van der Waals surface area contributed by atoms with Crippen molar-refractivity contribution < 1.29 is 18.6 Å². The fourth-order valence-electron chi connectivity index (χ4n) is 0.722. The molecule has 0 saturated heterocycles. The summed E-state index contributed by atoms with van der Waals surface area (Å²) in [5.74, 6) is 0. The second kappa shape index (κ2) is 6.58. The average Bonchev–Trinajstić information content (AvgIpc) is 1.76. The van der Waals surface area contributed by atoms with Gasteiger partial charge in [0, 0.05) is 0 Å². The molecule has 1 rings (SSSR count). The number of hydrogen-bond acceptors (Lipinski definition) is 0. The molecule has 1 aliphatic rings. The summed E-state index contributed by atoms with van der Waals surface area (Å²) in [7, 11) is 0. The fraction of sp³-hybridized carbons (Fsp3) is 0.667. The van der Waals surface area contributed by atoms with Gasteiger partial charge in [-0.1, -0.05) is 12.8 Å². The van der Waals surface area contributed by atoms with E-state index in [1.807, 2.05) is 0 Å². The summed E-state index contributed by atoms with van der Waals surface area (Å²) in [5.41, 5.74) is 0. The maximum Gasteiger partial charge on any atom is 2.00 e. The van der Waals surface area contributed by atoms with Gasteiger partial charge in [-0.2, -0.15) is 12.8 Å². The summed E-state index contributed by atoms with van der Waals surface area (Å²) in [5, 5.41) is 0. The molecule has 41 valence electrons. The second-order valence-electron chi connectivity index (χ2n) is 1.57. The smallest absolute Gasteiger partial charge is 0.358 e. The van der Waals surface area contributed by atoms with E-state index in [0.717, 1.165) is 0 Å². The molecule has 0 spiro atoms. The molecular weight excluding hydrogens is 123 g/mol. The first-order valence-electron chi connectivity index (χ1n) is 2.32. The molecule has 0 unspecified atom stereocenters. The van der Waals surface area contributed by atoms with Crippen LogP contribution in [-0.2, 0) is 18.6 Å². The summed E-state index contributed by atoms with van der Waals surface area (Å²) >= 11 is 0. The molecular formula is C6H12V. The van der Waals surface area contributed by atoms with E-state index in [-0.39, 0.29) is 26.0 Å². The van der Waals surface area contributed by atoms with Crippen LogP contribution in [0.2, 0.25) is 0 Å². The monoisotopic (exact) mass is 135 g/mol. The van der Waals surface area contributed by atoms with E-state index in [1.165, 1.54) is 25.7 Å². The van der Waals surface area contributed by atoms with Crippen molar-refractivity contribution >= 4 is 0 Å². The van der Waals surface area contributed by atoms with Crippen molar-refractivity contribution in [3.63, 3.8) is 0 Å². The van der Waals surface area contributed by atoms with E-state index in [1.54, 1.807) is 0 Å². The van der Waals surface area contributed by atoms with Crippen LogP contribution >= 0.6 is 0 Å². The van der Waals surface area contributed by atoms with Gasteiger partial charge in [-0.3, -0.25) is 0 Å². The molecule has 0 N–H and O–H groups in total. The van der Waals surface area contributed by atoms with Crippen molar-refractivity contribution in [2.24, 2.45) is 0 Å². The maximum absolute atomic E-state index is 2.36. The summed E-state index contributed by atoms with van der Waals surface area (Å²) in [4.78, 5) is 0. The topological polar surface area (TPSA) is 0 Å². The van der Waals surface area contributed by atoms with E-state index in [2.05, 4.69) is 6.42 Å². The molecule has 1 radical (unpaired) electrons. The Balaban J connectivity index is 0. The van der Waals surface area contributed by atoms with E-state index in [4.69, 9.17) is 0 Å². The maximum atomic E-state index is 2.36. The summed E-state index contributed by atoms with van der Waals surface area (Å²) in [6, 6.07) is 0.